The number of hydrogen-bond acceptors (Lipinski definition) is 5. The van der Waals surface area contributed by atoms with Gasteiger partial charge in [-0.05, 0) is 31.9 Å². The Hall–Kier alpha value is -1.15. The van der Waals surface area contributed by atoms with Crippen LogP contribution >= 0.6 is 0 Å². The second-order valence-electron chi connectivity index (χ2n) is 5.04. The van der Waals surface area contributed by atoms with Crippen LogP contribution in [0.4, 0.5) is 5.69 Å². The summed E-state index contributed by atoms with van der Waals surface area (Å²) < 4.78 is 26.4. The van der Waals surface area contributed by atoms with Crippen LogP contribution in [0.15, 0.2) is 29.2 Å². The molecule has 0 aromatic heterocycles. The van der Waals surface area contributed by atoms with Crippen LogP contribution in [-0.2, 0) is 10.0 Å². The maximum atomic E-state index is 12.5. The molecule has 0 radical (unpaired) electrons. The quantitative estimate of drug-likeness (QED) is 0.555. The van der Waals surface area contributed by atoms with Crippen LogP contribution in [0.3, 0.4) is 0 Å². The van der Waals surface area contributed by atoms with Gasteiger partial charge in [-0.15, -0.1) is 0 Å². The van der Waals surface area contributed by atoms with E-state index < -0.39 is 15.6 Å². The summed E-state index contributed by atoms with van der Waals surface area (Å²) in [6.45, 7) is 2.36. The molecule has 6 nitrogen and oxygen atoms in total. The maximum absolute atomic E-state index is 12.5. The molecule has 0 bridgehead atoms. The summed E-state index contributed by atoms with van der Waals surface area (Å²) in [5.74, 6) is 5.35. The highest BCUT2D eigenvalue weighted by Crippen LogP contribution is 2.29. The van der Waals surface area contributed by atoms with E-state index >= 15 is 0 Å². The zero-order chi connectivity index (χ0) is 14.1. The Morgan fingerprint density at radius 1 is 1.32 bits per heavy atom. The first-order valence-corrected chi connectivity index (χ1v) is 7.59. The fraction of sp³-hybridized carbons (Fsp3) is 0.500. The Morgan fingerprint density at radius 2 is 1.89 bits per heavy atom. The van der Waals surface area contributed by atoms with Crippen LogP contribution in [-0.4, -0.2) is 36.5 Å². The van der Waals surface area contributed by atoms with Crippen molar-refractivity contribution in [2.24, 2.45) is 5.84 Å². The van der Waals surface area contributed by atoms with Gasteiger partial charge in [0.15, 0.2) is 0 Å². The molecule has 0 aliphatic carbocycles. The van der Waals surface area contributed by atoms with Crippen LogP contribution in [0.25, 0.3) is 0 Å². The van der Waals surface area contributed by atoms with E-state index in [1.807, 2.05) is 0 Å². The number of piperidine rings is 1. The summed E-state index contributed by atoms with van der Waals surface area (Å²) >= 11 is 0. The normalized spacial score (nSPS) is 20.2. The van der Waals surface area contributed by atoms with Crippen molar-refractivity contribution in [1.29, 1.82) is 0 Å². The molecule has 0 amide bonds. The fourth-order valence-corrected chi connectivity index (χ4v) is 3.76. The van der Waals surface area contributed by atoms with Gasteiger partial charge >= 0.3 is 0 Å². The molecule has 1 fully saturated rings. The molecule has 0 atom stereocenters. The van der Waals surface area contributed by atoms with E-state index in [0.29, 0.717) is 31.6 Å². The lowest BCUT2D eigenvalue weighted by molar-refractivity contribution is 0.0126. The number of nitrogens with zero attached hydrogens (tertiary/aromatic N) is 1. The van der Waals surface area contributed by atoms with Gasteiger partial charge in [0.25, 0.3) is 0 Å². The van der Waals surface area contributed by atoms with Gasteiger partial charge in [-0.2, -0.15) is 4.31 Å². The van der Waals surface area contributed by atoms with E-state index in [2.05, 4.69) is 5.43 Å². The molecular weight excluding hydrogens is 266 g/mol. The fourth-order valence-electron chi connectivity index (χ4n) is 2.16. The highest BCUT2D eigenvalue weighted by atomic mass is 32.2. The molecule has 4 N–H and O–H groups in total. The third-order valence-corrected chi connectivity index (χ3v) is 5.42. The van der Waals surface area contributed by atoms with Crippen LogP contribution in [0.2, 0.25) is 0 Å². The topological polar surface area (TPSA) is 95.7 Å². The van der Waals surface area contributed by atoms with Gasteiger partial charge in [0, 0.05) is 13.1 Å². The van der Waals surface area contributed by atoms with Crippen molar-refractivity contribution in [1.82, 2.24) is 4.31 Å². The van der Waals surface area contributed by atoms with Crippen molar-refractivity contribution in [2.45, 2.75) is 30.3 Å². The first-order valence-electron chi connectivity index (χ1n) is 6.15. The Kier molecular flexibility index (Phi) is 3.82. The lowest BCUT2D eigenvalue weighted by atomic mass is 9.95. The predicted molar refractivity (Wildman–Crippen MR) is 72.9 cm³/mol. The van der Waals surface area contributed by atoms with Gasteiger partial charge in [-0.1, -0.05) is 12.1 Å². The molecule has 1 aliphatic rings. The van der Waals surface area contributed by atoms with Gasteiger partial charge in [-0.3, -0.25) is 5.84 Å². The summed E-state index contributed by atoms with van der Waals surface area (Å²) in [4.78, 5) is 0.166. The Bertz CT molecular complexity index is 547. The largest absolute Gasteiger partial charge is 0.390 e. The summed E-state index contributed by atoms with van der Waals surface area (Å²) in [6, 6.07) is 6.52. The first kappa shape index (κ1) is 14.3. The number of aliphatic hydroxyl groups is 1. The monoisotopic (exact) mass is 285 g/mol. The average molecular weight is 285 g/mol. The Balaban J connectivity index is 2.28. The number of anilines is 1. The van der Waals surface area contributed by atoms with Gasteiger partial charge < -0.3 is 10.5 Å². The van der Waals surface area contributed by atoms with Crippen LogP contribution < -0.4 is 11.3 Å². The van der Waals surface area contributed by atoms with Crippen molar-refractivity contribution in [2.75, 3.05) is 18.5 Å². The minimum atomic E-state index is -3.58. The molecule has 2 rings (SSSR count). The number of sulfonamides is 1. The Morgan fingerprint density at radius 3 is 2.47 bits per heavy atom. The summed E-state index contributed by atoms with van der Waals surface area (Å²) in [5.41, 5.74) is 2.00. The van der Waals surface area contributed by atoms with E-state index in [4.69, 9.17) is 5.84 Å². The lowest BCUT2D eigenvalue weighted by Crippen LogP contribution is -2.45. The molecule has 1 aliphatic heterocycles. The Labute approximate surface area is 113 Å². The van der Waals surface area contributed by atoms with Gasteiger partial charge in [0.1, 0.15) is 4.90 Å². The highest BCUT2D eigenvalue weighted by molar-refractivity contribution is 7.89. The van der Waals surface area contributed by atoms with E-state index in [1.54, 1.807) is 25.1 Å². The lowest BCUT2D eigenvalue weighted by Gasteiger charge is -2.35. The second kappa shape index (κ2) is 5.09. The number of hydrazine groups is 1. The standard InChI is InChI=1S/C12H19N3O3S/c1-12(16)6-8-15(9-7-12)19(17,18)11-5-3-2-4-10(11)14-13/h2-5,14,16H,6-9,13H2,1H3. The maximum Gasteiger partial charge on any atom is 0.245 e. The molecule has 7 heteroatoms. The summed E-state index contributed by atoms with van der Waals surface area (Å²) in [5, 5.41) is 9.88. The van der Waals surface area contributed by atoms with Crippen LogP contribution in [0.1, 0.15) is 19.8 Å². The molecule has 0 saturated carbocycles. The van der Waals surface area contributed by atoms with Crippen molar-refractivity contribution in [3.63, 3.8) is 0 Å². The third-order valence-electron chi connectivity index (χ3n) is 3.46. The minimum Gasteiger partial charge on any atom is -0.390 e. The second-order valence-corrected chi connectivity index (χ2v) is 6.95. The summed E-state index contributed by atoms with van der Waals surface area (Å²) in [6.07, 6.45) is 0.870. The van der Waals surface area contributed by atoms with E-state index in [9.17, 15) is 13.5 Å². The van der Waals surface area contributed by atoms with Crippen molar-refractivity contribution in [3.05, 3.63) is 24.3 Å². The number of benzene rings is 1. The third kappa shape index (κ3) is 2.89. The molecule has 1 aromatic rings. The number of nitrogens with two attached hydrogens (primary N) is 1. The molecule has 19 heavy (non-hydrogen) atoms. The average Bonchev–Trinajstić information content (AvgIpc) is 2.38. The van der Waals surface area contributed by atoms with Crippen LogP contribution in [0.5, 0.6) is 0 Å². The molecule has 0 unspecified atom stereocenters. The van der Waals surface area contributed by atoms with Crippen molar-refractivity contribution < 1.29 is 13.5 Å². The molecule has 0 spiro atoms. The zero-order valence-electron chi connectivity index (χ0n) is 10.8. The molecule has 1 saturated heterocycles. The van der Waals surface area contributed by atoms with E-state index in [-0.39, 0.29) is 4.90 Å². The van der Waals surface area contributed by atoms with Gasteiger partial charge in [0.05, 0.1) is 11.3 Å². The van der Waals surface area contributed by atoms with E-state index in [1.165, 1.54) is 10.4 Å². The zero-order valence-corrected chi connectivity index (χ0v) is 11.7. The number of nitrogen functional groups attached to an aromatic ring is 1. The van der Waals surface area contributed by atoms with Crippen molar-refractivity contribution in [3.8, 4) is 0 Å². The predicted octanol–water partition coefficient (Wildman–Crippen LogP) is 0.508. The van der Waals surface area contributed by atoms with E-state index in [0.717, 1.165) is 0 Å². The highest BCUT2D eigenvalue weighted by Gasteiger charge is 2.34. The SMILES string of the molecule is CC1(O)CCN(S(=O)(=O)c2ccccc2NN)CC1. The number of hydrogen-bond donors (Lipinski definition) is 3. The smallest absolute Gasteiger partial charge is 0.245 e. The van der Waals surface area contributed by atoms with Gasteiger partial charge in [-0.25, -0.2) is 8.42 Å². The molecule has 1 aromatic carbocycles. The van der Waals surface area contributed by atoms with Crippen LogP contribution in [0, 0.1) is 0 Å². The molecule has 1 heterocycles. The molecule has 106 valence electrons. The first-order chi connectivity index (χ1) is 8.87. The minimum absolute atomic E-state index is 0.166. The van der Waals surface area contributed by atoms with Gasteiger partial charge in [0.2, 0.25) is 10.0 Å². The number of rotatable bonds is 3. The molecular formula is C12H19N3O3S. The summed E-state index contributed by atoms with van der Waals surface area (Å²) in [7, 11) is -3.58. The van der Waals surface area contributed by atoms with Crippen molar-refractivity contribution >= 4 is 15.7 Å². The number of para-hydroxylation sites is 1. The number of nitrogens with one attached hydrogen (secondary N) is 1.